The van der Waals surface area contributed by atoms with Gasteiger partial charge in [0.05, 0.1) is 21.2 Å². The average molecular weight is 440 g/mol. The monoisotopic (exact) mass is 439 g/mol. The molecule has 0 N–H and O–H groups in total. The van der Waals surface area contributed by atoms with Crippen molar-refractivity contribution < 1.29 is 4.18 Å². The fraction of sp³-hybridized carbons (Fsp3) is 0.571. The molecule has 0 saturated heterocycles. The van der Waals surface area contributed by atoms with E-state index in [0.29, 0.717) is 17.1 Å². The van der Waals surface area contributed by atoms with E-state index in [9.17, 15) is 0 Å². The molecular weight excluding hydrogens is 421 g/mol. The molecule has 21 heavy (non-hydrogen) atoms. The van der Waals surface area contributed by atoms with Gasteiger partial charge in [0.15, 0.2) is 0 Å². The molecule has 2 atom stereocenters. The maximum Gasteiger partial charge on any atom is 0.145 e. The van der Waals surface area contributed by atoms with Crippen LogP contribution in [0, 0.1) is 5.92 Å². The van der Waals surface area contributed by atoms with Crippen LogP contribution in [0.2, 0.25) is 5.15 Å². The minimum atomic E-state index is 0.497. The molecule has 0 aromatic carbocycles. The van der Waals surface area contributed by atoms with E-state index in [-0.39, 0.29) is 0 Å². The van der Waals surface area contributed by atoms with E-state index in [1.807, 2.05) is 19.9 Å². The van der Waals surface area contributed by atoms with Crippen molar-refractivity contribution in [1.29, 1.82) is 0 Å². The lowest BCUT2D eigenvalue weighted by molar-refractivity contribution is 0.290. The standard InChI is InChI=1S/C12H13ClIN3OS.C2H6/c13-11-10-3-4-17(12(10)16-7-15-11)9-2-1-8(5-9)6-18-19-14;1-2/h3-4,7-9H,1-2,5-6H2;1-2H3. The Morgan fingerprint density at radius 1 is 1.43 bits per heavy atom. The van der Waals surface area contributed by atoms with Gasteiger partial charge in [-0.3, -0.25) is 0 Å². The summed E-state index contributed by atoms with van der Waals surface area (Å²) in [6.07, 6.45) is 7.13. The number of hydrogen-bond donors (Lipinski definition) is 0. The van der Waals surface area contributed by atoms with Crippen LogP contribution in [-0.2, 0) is 4.18 Å². The Kier molecular flexibility index (Phi) is 7.04. The van der Waals surface area contributed by atoms with Gasteiger partial charge in [-0.2, -0.15) is 0 Å². The first-order valence-corrected chi connectivity index (χ1v) is 10.8. The van der Waals surface area contributed by atoms with E-state index in [4.69, 9.17) is 15.8 Å². The van der Waals surface area contributed by atoms with Gasteiger partial charge in [-0.15, -0.1) is 0 Å². The first-order chi connectivity index (χ1) is 10.3. The highest BCUT2D eigenvalue weighted by molar-refractivity contribution is 14.2. The van der Waals surface area contributed by atoms with Gasteiger partial charge in [0.25, 0.3) is 0 Å². The third-order valence-corrected chi connectivity index (χ3v) is 5.01. The molecule has 0 amide bonds. The number of rotatable bonds is 4. The highest BCUT2D eigenvalue weighted by Crippen LogP contribution is 2.37. The summed E-state index contributed by atoms with van der Waals surface area (Å²) < 4.78 is 7.67. The summed E-state index contributed by atoms with van der Waals surface area (Å²) >= 11 is 8.25. The zero-order chi connectivity index (χ0) is 15.2. The highest BCUT2D eigenvalue weighted by atomic mass is 127. The summed E-state index contributed by atoms with van der Waals surface area (Å²) in [7, 11) is 1.42. The molecular formula is C14H19ClIN3OS. The summed E-state index contributed by atoms with van der Waals surface area (Å²) in [6.45, 7) is 4.83. The molecule has 4 nitrogen and oxygen atoms in total. The number of hydrogen-bond acceptors (Lipinski definition) is 4. The summed E-state index contributed by atoms with van der Waals surface area (Å²) in [5.74, 6) is 0.641. The second-order valence-electron chi connectivity index (χ2n) is 4.81. The van der Waals surface area contributed by atoms with Crippen LogP contribution in [0.15, 0.2) is 18.6 Å². The van der Waals surface area contributed by atoms with Gasteiger partial charge in [-0.25, -0.2) is 9.97 Å². The quantitative estimate of drug-likeness (QED) is 0.360. The minimum absolute atomic E-state index is 0.497. The van der Waals surface area contributed by atoms with Crippen molar-refractivity contribution in [1.82, 2.24) is 14.5 Å². The molecule has 7 heteroatoms. The Labute approximate surface area is 146 Å². The predicted octanol–water partition coefficient (Wildman–Crippen LogP) is 5.47. The third-order valence-electron chi connectivity index (χ3n) is 3.72. The van der Waals surface area contributed by atoms with Gasteiger partial charge in [-0.1, -0.05) is 25.4 Å². The van der Waals surface area contributed by atoms with E-state index < -0.39 is 0 Å². The molecule has 1 fully saturated rings. The largest absolute Gasteiger partial charge is 0.329 e. The van der Waals surface area contributed by atoms with Gasteiger partial charge >= 0.3 is 0 Å². The van der Waals surface area contributed by atoms with Gasteiger partial charge in [-0.05, 0) is 31.2 Å². The summed E-state index contributed by atoms with van der Waals surface area (Å²) in [6, 6.07) is 2.50. The highest BCUT2D eigenvalue weighted by Gasteiger charge is 2.27. The maximum atomic E-state index is 6.09. The molecule has 0 aliphatic heterocycles. The lowest BCUT2D eigenvalue weighted by Crippen LogP contribution is -2.07. The van der Waals surface area contributed by atoms with Crippen molar-refractivity contribution in [2.45, 2.75) is 39.2 Å². The van der Waals surface area contributed by atoms with Crippen molar-refractivity contribution in [3.8, 4) is 0 Å². The maximum absolute atomic E-state index is 6.09. The summed E-state index contributed by atoms with van der Waals surface area (Å²) in [5, 5.41) is 1.47. The molecule has 1 saturated carbocycles. The van der Waals surface area contributed by atoms with E-state index in [1.54, 1.807) is 0 Å². The summed E-state index contributed by atoms with van der Waals surface area (Å²) in [5.41, 5.74) is 0.940. The molecule has 1 aliphatic rings. The van der Waals surface area contributed by atoms with Crippen molar-refractivity contribution >= 4 is 53.1 Å². The minimum Gasteiger partial charge on any atom is -0.329 e. The Morgan fingerprint density at radius 3 is 3.00 bits per heavy atom. The second-order valence-corrected chi connectivity index (χ2v) is 6.60. The Bertz CT molecular complexity index is 580. The Morgan fingerprint density at radius 2 is 2.24 bits per heavy atom. The van der Waals surface area contributed by atoms with Gasteiger partial charge in [0, 0.05) is 33.4 Å². The van der Waals surface area contributed by atoms with Gasteiger partial charge in [0.1, 0.15) is 17.1 Å². The predicted molar refractivity (Wildman–Crippen MR) is 97.8 cm³/mol. The Balaban J connectivity index is 0.000000774. The van der Waals surface area contributed by atoms with E-state index in [1.165, 1.54) is 28.4 Å². The first-order valence-electron chi connectivity index (χ1n) is 7.17. The van der Waals surface area contributed by atoms with Crippen molar-refractivity contribution in [2.75, 3.05) is 6.61 Å². The number of nitrogens with zero attached hydrogens (tertiary/aromatic N) is 3. The van der Waals surface area contributed by atoms with Crippen LogP contribution in [-0.4, -0.2) is 21.1 Å². The zero-order valence-corrected chi connectivity index (χ0v) is 15.9. The van der Waals surface area contributed by atoms with Gasteiger partial charge < -0.3 is 8.75 Å². The van der Waals surface area contributed by atoms with Crippen LogP contribution >= 0.6 is 42.0 Å². The number of aromatic nitrogens is 3. The van der Waals surface area contributed by atoms with Crippen LogP contribution in [0.4, 0.5) is 0 Å². The van der Waals surface area contributed by atoms with Crippen molar-refractivity contribution in [3.05, 3.63) is 23.7 Å². The van der Waals surface area contributed by atoms with Crippen LogP contribution in [0.25, 0.3) is 11.0 Å². The molecule has 0 spiro atoms. The fourth-order valence-corrected chi connectivity index (χ4v) is 3.68. The van der Waals surface area contributed by atoms with E-state index >= 15 is 0 Å². The molecule has 2 aromatic heterocycles. The normalized spacial score (nSPS) is 21.3. The average Bonchev–Trinajstić information content (AvgIpc) is 3.14. The summed E-state index contributed by atoms with van der Waals surface area (Å²) in [4.78, 5) is 8.38. The van der Waals surface area contributed by atoms with Crippen molar-refractivity contribution in [2.24, 2.45) is 5.92 Å². The molecule has 116 valence electrons. The van der Waals surface area contributed by atoms with E-state index in [2.05, 4.69) is 41.9 Å². The molecule has 0 radical (unpaired) electrons. The van der Waals surface area contributed by atoms with Crippen LogP contribution < -0.4 is 0 Å². The topological polar surface area (TPSA) is 39.9 Å². The Hall–Kier alpha value is -0.0500. The zero-order valence-electron chi connectivity index (χ0n) is 12.1. The smallest absolute Gasteiger partial charge is 0.145 e. The third kappa shape index (κ3) is 4.03. The number of halogens is 2. The SMILES string of the molecule is CC.Clc1ncnc2c1ccn2C1CCC(COSI)C1. The van der Waals surface area contributed by atoms with E-state index in [0.717, 1.165) is 24.1 Å². The molecule has 2 aromatic rings. The lowest BCUT2D eigenvalue weighted by Gasteiger charge is -2.13. The van der Waals surface area contributed by atoms with Crippen molar-refractivity contribution in [3.63, 3.8) is 0 Å². The van der Waals surface area contributed by atoms with Gasteiger partial charge in [0.2, 0.25) is 0 Å². The molecule has 2 heterocycles. The first kappa shape index (κ1) is 17.3. The van der Waals surface area contributed by atoms with Crippen LogP contribution in [0.1, 0.15) is 39.2 Å². The van der Waals surface area contributed by atoms with Crippen LogP contribution in [0.5, 0.6) is 0 Å². The second kappa shape index (κ2) is 8.55. The molecule has 0 bridgehead atoms. The molecule has 3 rings (SSSR count). The van der Waals surface area contributed by atoms with Crippen LogP contribution in [0.3, 0.4) is 0 Å². The number of fused-ring (bicyclic) bond motifs is 1. The molecule has 2 unspecified atom stereocenters. The fourth-order valence-electron chi connectivity index (χ4n) is 2.81. The lowest BCUT2D eigenvalue weighted by atomic mass is 10.1. The molecule has 1 aliphatic carbocycles.